The van der Waals surface area contributed by atoms with Crippen molar-refractivity contribution in [1.29, 1.82) is 0 Å². The van der Waals surface area contributed by atoms with Crippen LogP contribution in [0, 0.1) is 0 Å². The molecule has 0 radical (unpaired) electrons. The van der Waals surface area contributed by atoms with Crippen LogP contribution < -0.4 is 0 Å². The average molecular weight is 334 g/mol. The summed E-state index contributed by atoms with van der Waals surface area (Å²) < 4.78 is 0. The molecule has 0 saturated heterocycles. The Hall–Kier alpha value is -2.39. The lowest BCUT2D eigenvalue weighted by atomic mass is 9.85. The Morgan fingerprint density at radius 1 is 0.917 bits per heavy atom. The highest BCUT2D eigenvalue weighted by Gasteiger charge is 2.20. The quantitative estimate of drug-likeness (QED) is 0.513. The number of hydrogen-bond acceptors (Lipinski definition) is 2. The van der Waals surface area contributed by atoms with E-state index in [1.165, 1.54) is 34.7 Å². The van der Waals surface area contributed by atoms with Crippen molar-refractivity contribution in [3.05, 3.63) is 58.7 Å². The second kappa shape index (κ2) is 5.32. The molecule has 0 bridgehead atoms. The lowest BCUT2D eigenvalue weighted by Crippen LogP contribution is -2.07. The average Bonchev–Trinajstić information content (AvgIpc) is 3.10. The van der Waals surface area contributed by atoms with E-state index >= 15 is 0 Å². The highest BCUT2D eigenvalue weighted by Crippen LogP contribution is 2.37. The molecule has 2 heterocycles. The van der Waals surface area contributed by atoms with Crippen LogP contribution in [0.5, 0.6) is 0 Å². The Morgan fingerprint density at radius 3 is 2.54 bits per heavy atom. The molecule has 1 N–H and O–H groups in total. The topological polar surface area (TPSA) is 41.6 Å². The third-order valence-corrected chi connectivity index (χ3v) is 5.26. The summed E-state index contributed by atoms with van der Waals surface area (Å²) in [5.74, 6) is 0. The molecule has 5 rings (SSSR count). The van der Waals surface area contributed by atoms with Gasteiger partial charge in [-0.1, -0.05) is 23.7 Å². The van der Waals surface area contributed by atoms with Crippen LogP contribution in [0.3, 0.4) is 0 Å². The number of H-pyrrole nitrogens is 1. The summed E-state index contributed by atoms with van der Waals surface area (Å²) in [7, 11) is 0. The molecule has 1 aliphatic rings. The lowest BCUT2D eigenvalue weighted by Gasteiger charge is -2.21. The second-order valence-corrected chi connectivity index (χ2v) is 6.86. The van der Waals surface area contributed by atoms with Crippen molar-refractivity contribution >= 4 is 33.4 Å². The molecule has 4 aromatic rings. The second-order valence-electron chi connectivity index (χ2n) is 6.42. The molecular formula is C20H16ClN3. The van der Waals surface area contributed by atoms with Crippen LogP contribution in [-0.2, 0) is 12.8 Å². The van der Waals surface area contributed by atoms with Gasteiger partial charge in [-0.3, -0.25) is 5.10 Å². The molecule has 0 spiro atoms. The third kappa shape index (κ3) is 2.05. The number of benzene rings is 2. The number of nitrogens with zero attached hydrogens (tertiary/aromatic N) is 2. The fourth-order valence-corrected chi connectivity index (χ4v) is 4.02. The number of pyridine rings is 1. The Labute approximate surface area is 144 Å². The van der Waals surface area contributed by atoms with Crippen LogP contribution in [0.1, 0.15) is 24.0 Å². The number of halogens is 1. The van der Waals surface area contributed by atoms with Gasteiger partial charge in [0.25, 0.3) is 0 Å². The minimum atomic E-state index is 0.758. The summed E-state index contributed by atoms with van der Waals surface area (Å²) in [5, 5.41) is 10.5. The maximum absolute atomic E-state index is 6.06. The van der Waals surface area contributed by atoms with E-state index in [0.29, 0.717) is 0 Å². The maximum atomic E-state index is 6.06. The number of aromatic amines is 1. The van der Waals surface area contributed by atoms with Crippen LogP contribution in [0.2, 0.25) is 5.02 Å². The van der Waals surface area contributed by atoms with Gasteiger partial charge in [0.05, 0.1) is 22.9 Å². The summed E-state index contributed by atoms with van der Waals surface area (Å²) in [6.45, 7) is 0. The van der Waals surface area contributed by atoms with Crippen molar-refractivity contribution in [1.82, 2.24) is 15.2 Å². The Kier molecular flexibility index (Phi) is 3.10. The van der Waals surface area contributed by atoms with Crippen molar-refractivity contribution in [3.8, 4) is 11.3 Å². The third-order valence-electron chi connectivity index (χ3n) is 5.01. The summed E-state index contributed by atoms with van der Waals surface area (Å²) in [5.41, 5.74) is 7.22. The smallest absolute Gasteiger partial charge is 0.0744 e. The van der Waals surface area contributed by atoms with Gasteiger partial charge in [-0.15, -0.1) is 0 Å². The van der Waals surface area contributed by atoms with Crippen molar-refractivity contribution in [3.63, 3.8) is 0 Å². The van der Waals surface area contributed by atoms with E-state index in [2.05, 4.69) is 34.5 Å². The van der Waals surface area contributed by atoms with Crippen LogP contribution in [0.4, 0.5) is 0 Å². The van der Waals surface area contributed by atoms with E-state index in [1.807, 2.05) is 18.3 Å². The molecule has 0 fully saturated rings. The zero-order chi connectivity index (χ0) is 16.1. The molecule has 1 aliphatic carbocycles. The van der Waals surface area contributed by atoms with Gasteiger partial charge in [-0.25, -0.2) is 4.98 Å². The molecule has 2 aromatic carbocycles. The largest absolute Gasteiger partial charge is 0.278 e. The SMILES string of the molecule is Clc1ccc(-c2nc3ccc4[nH]ncc4c3c3c2CCCC3)cc1. The Bertz CT molecular complexity index is 1060. The summed E-state index contributed by atoms with van der Waals surface area (Å²) >= 11 is 6.06. The van der Waals surface area contributed by atoms with E-state index in [-0.39, 0.29) is 0 Å². The normalized spacial score (nSPS) is 14.2. The highest BCUT2D eigenvalue weighted by molar-refractivity contribution is 6.30. The van der Waals surface area contributed by atoms with Crippen molar-refractivity contribution < 1.29 is 0 Å². The Morgan fingerprint density at radius 2 is 1.71 bits per heavy atom. The first-order valence-corrected chi connectivity index (χ1v) is 8.72. The maximum Gasteiger partial charge on any atom is 0.0744 e. The predicted octanol–water partition coefficient (Wildman–Crippen LogP) is 5.31. The minimum absolute atomic E-state index is 0.758. The number of aryl methyl sites for hydroxylation is 1. The molecule has 4 heteroatoms. The van der Waals surface area contributed by atoms with Crippen molar-refractivity contribution in [2.75, 3.05) is 0 Å². The molecular weight excluding hydrogens is 318 g/mol. The van der Waals surface area contributed by atoms with Crippen molar-refractivity contribution in [2.24, 2.45) is 0 Å². The van der Waals surface area contributed by atoms with E-state index in [4.69, 9.17) is 16.6 Å². The van der Waals surface area contributed by atoms with Gasteiger partial charge in [-0.05, 0) is 61.1 Å². The zero-order valence-corrected chi connectivity index (χ0v) is 13.9. The molecule has 0 saturated carbocycles. The molecule has 3 nitrogen and oxygen atoms in total. The fraction of sp³-hybridized carbons (Fsp3) is 0.200. The van der Waals surface area contributed by atoms with Crippen LogP contribution >= 0.6 is 11.6 Å². The standard InChI is InChI=1S/C20H16ClN3/c21-13-7-5-12(6-8-13)20-15-4-2-1-3-14(15)19-16-11-22-24-17(16)9-10-18(19)23-20/h5-11H,1-4H2,(H,22,24). The van der Waals surface area contributed by atoms with E-state index < -0.39 is 0 Å². The van der Waals surface area contributed by atoms with E-state index in [9.17, 15) is 0 Å². The van der Waals surface area contributed by atoms with E-state index in [0.717, 1.165) is 40.2 Å². The highest BCUT2D eigenvalue weighted by atomic mass is 35.5. The van der Waals surface area contributed by atoms with Gasteiger partial charge in [0.15, 0.2) is 0 Å². The van der Waals surface area contributed by atoms with Gasteiger partial charge in [0, 0.05) is 21.4 Å². The molecule has 0 amide bonds. The van der Waals surface area contributed by atoms with Crippen LogP contribution in [0.15, 0.2) is 42.6 Å². The summed E-state index contributed by atoms with van der Waals surface area (Å²) in [6, 6.07) is 12.2. The van der Waals surface area contributed by atoms with Gasteiger partial charge in [-0.2, -0.15) is 5.10 Å². The van der Waals surface area contributed by atoms with Gasteiger partial charge in [0.1, 0.15) is 0 Å². The Balaban J connectivity index is 1.88. The summed E-state index contributed by atoms with van der Waals surface area (Å²) in [6.07, 6.45) is 6.59. The first kappa shape index (κ1) is 14.0. The fourth-order valence-electron chi connectivity index (χ4n) is 3.89. The number of fused-ring (bicyclic) bond motifs is 5. The van der Waals surface area contributed by atoms with Crippen LogP contribution in [-0.4, -0.2) is 15.2 Å². The van der Waals surface area contributed by atoms with Gasteiger partial charge >= 0.3 is 0 Å². The van der Waals surface area contributed by atoms with Crippen molar-refractivity contribution in [2.45, 2.75) is 25.7 Å². The molecule has 2 aromatic heterocycles. The zero-order valence-electron chi connectivity index (χ0n) is 13.1. The lowest BCUT2D eigenvalue weighted by molar-refractivity contribution is 0.689. The van der Waals surface area contributed by atoms with Crippen LogP contribution in [0.25, 0.3) is 33.1 Å². The number of nitrogens with one attached hydrogen (secondary N) is 1. The minimum Gasteiger partial charge on any atom is -0.278 e. The van der Waals surface area contributed by atoms with Gasteiger partial charge < -0.3 is 0 Å². The number of aromatic nitrogens is 3. The van der Waals surface area contributed by atoms with Gasteiger partial charge in [0.2, 0.25) is 0 Å². The number of hydrogen-bond donors (Lipinski definition) is 1. The molecule has 0 aliphatic heterocycles. The van der Waals surface area contributed by atoms with E-state index in [1.54, 1.807) is 0 Å². The molecule has 24 heavy (non-hydrogen) atoms. The first-order valence-electron chi connectivity index (χ1n) is 8.35. The molecule has 0 unspecified atom stereocenters. The monoisotopic (exact) mass is 333 g/mol. The number of rotatable bonds is 1. The first-order chi connectivity index (χ1) is 11.8. The predicted molar refractivity (Wildman–Crippen MR) is 98.5 cm³/mol. The molecule has 0 atom stereocenters. The molecule has 118 valence electrons. The summed E-state index contributed by atoms with van der Waals surface area (Å²) in [4.78, 5) is 5.03.